The Morgan fingerprint density at radius 2 is 1.21 bits per heavy atom. The molecule has 4 nitrogen and oxygen atoms in total. The molecule has 0 aliphatic carbocycles. The lowest BCUT2D eigenvalue weighted by Crippen LogP contribution is -2.24. The highest BCUT2D eigenvalue weighted by Crippen LogP contribution is 2.13. The van der Waals surface area contributed by atoms with Gasteiger partial charge in [0.15, 0.2) is 0 Å². The van der Waals surface area contributed by atoms with Gasteiger partial charge in [-0.1, -0.05) is 5.57 Å². The average molecular weight is 200 g/mol. The van der Waals surface area contributed by atoms with Gasteiger partial charge in [-0.25, -0.2) is 0 Å². The van der Waals surface area contributed by atoms with Crippen LogP contribution in [0.4, 0.5) is 0 Å². The quantitative estimate of drug-likeness (QED) is 0.396. The predicted molar refractivity (Wildman–Crippen MR) is 51.4 cm³/mol. The molecule has 0 aromatic rings. The van der Waals surface area contributed by atoms with Crippen molar-refractivity contribution >= 4 is 11.9 Å². The SMILES string of the molecule is CC(=O)OC(OC(C)=O)C(C)=C(C)C. The van der Waals surface area contributed by atoms with Crippen LogP contribution >= 0.6 is 0 Å². The second-order valence-electron chi connectivity index (χ2n) is 3.23. The Bertz CT molecular complexity index is 245. The van der Waals surface area contributed by atoms with Gasteiger partial charge in [0.05, 0.1) is 0 Å². The Hall–Kier alpha value is -1.32. The summed E-state index contributed by atoms with van der Waals surface area (Å²) < 4.78 is 9.69. The molecule has 4 heteroatoms. The number of allylic oxidation sites excluding steroid dienone is 1. The van der Waals surface area contributed by atoms with Crippen LogP contribution in [0.1, 0.15) is 34.6 Å². The van der Waals surface area contributed by atoms with Gasteiger partial charge < -0.3 is 9.47 Å². The van der Waals surface area contributed by atoms with Crippen LogP contribution in [0, 0.1) is 0 Å². The van der Waals surface area contributed by atoms with E-state index in [9.17, 15) is 9.59 Å². The van der Waals surface area contributed by atoms with Crippen molar-refractivity contribution in [2.24, 2.45) is 0 Å². The van der Waals surface area contributed by atoms with Crippen molar-refractivity contribution in [3.63, 3.8) is 0 Å². The largest absolute Gasteiger partial charge is 0.421 e. The first kappa shape index (κ1) is 12.7. The van der Waals surface area contributed by atoms with Crippen LogP contribution in [-0.2, 0) is 19.1 Å². The average Bonchev–Trinajstić information content (AvgIpc) is 1.99. The van der Waals surface area contributed by atoms with Crippen molar-refractivity contribution in [3.05, 3.63) is 11.1 Å². The van der Waals surface area contributed by atoms with Crippen LogP contribution < -0.4 is 0 Å². The minimum Gasteiger partial charge on any atom is -0.421 e. The first-order valence-electron chi connectivity index (χ1n) is 4.33. The van der Waals surface area contributed by atoms with E-state index >= 15 is 0 Å². The monoisotopic (exact) mass is 200 g/mol. The minimum absolute atomic E-state index is 0.475. The van der Waals surface area contributed by atoms with E-state index in [1.54, 1.807) is 6.92 Å². The maximum atomic E-state index is 10.7. The van der Waals surface area contributed by atoms with Gasteiger partial charge in [-0.15, -0.1) is 0 Å². The first-order chi connectivity index (χ1) is 6.34. The van der Waals surface area contributed by atoms with Crippen LogP contribution in [0.5, 0.6) is 0 Å². The molecular weight excluding hydrogens is 184 g/mol. The third-order valence-electron chi connectivity index (χ3n) is 1.69. The lowest BCUT2D eigenvalue weighted by Gasteiger charge is -2.18. The lowest BCUT2D eigenvalue weighted by molar-refractivity contribution is -0.178. The summed E-state index contributed by atoms with van der Waals surface area (Å²) in [5.74, 6) is -0.950. The fourth-order valence-electron chi connectivity index (χ4n) is 0.738. The number of carbonyl (C=O) groups is 2. The molecule has 0 aromatic heterocycles. The second-order valence-corrected chi connectivity index (χ2v) is 3.23. The van der Waals surface area contributed by atoms with E-state index in [0.717, 1.165) is 11.1 Å². The third-order valence-corrected chi connectivity index (χ3v) is 1.69. The standard InChI is InChI=1S/C10H16O4/c1-6(2)7(3)10(13-8(4)11)14-9(5)12/h10H,1-5H3. The molecule has 0 saturated carbocycles. The van der Waals surface area contributed by atoms with E-state index in [4.69, 9.17) is 9.47 Å². The summed E-state index contributed by atoms with van der Waals surface area (Å²) in [7, 11) is 0. The van der Waals surface area contributed by atoms with Gasteiger partial charge in [0, 0.05) is 19.4 Å². The summed E-state index contributed by atoms with van der Waals surface area (Å²) in [6.45, 7) is 8.01. The molecular formula is C10H16O4. The molecule has 0 N–H and O–H groups in total. The lowest BCUT2D eigenvalue weighted by atomic mass is 10.2. The Morgan fingerprint density at radius 3 is 1.43 bits per heavy atom. The number of hydrogen-bond acceptors (Lipinski definition) is 4. The van der Waals surface area contributed by atoms with Gasteiger partial charge in [0.2, 0.25) is 0 Å². The predicted octanol–water partition coefficient (Wildman–Crippen LogP) is 1.79. The zero-order chi connectivity index (χ0) is 11.3. The van der Waals surface area contributed by atoms with E-state index in [1.807, 2.05) is 13.8 Å². The number of hydrogen-bond donors (Lipinski definition) is 0. The molecule has 0 radical (unpaired) electrons. The summed E-state index contributed by atoms with van der Waals surface area (Å²) in [6.07, 6.45) is -0.894. The van der Waals surface area contributed by atoms with Gasteiger partial charge >= 0.3 is 11.9 Å². The fourth-order valence-corrected chi connectivity index (χ4v) is 0.738. The van der Waals surface area contributed by atoms with Gasteiger partial charge in [0.25, 0.3) is 6.29 Å². The summed E-state index contributed by atoms with van der Waals surface area (Å²) in [5.41, 5.74) is 1.69. The summed E-state index contributed by atoms with van der Waals surface area (Å²) in [6, 6.07) is 0. The Kier molecular flexibility index (Phi) is 4.91. The fraction of sp³-hybridized carbons (Fsp3) is 0.600. The molecule has 0 amide bonds. The molecule has 0 fully saturated rings. The van der Waals surface area contributed by atoms with Crippen LogP contribution in [-0.4, -0.2) is 18.2 Å². The molecule has 14 heavy (non-hydrogen) atoms. The van der Waals surface area contributed by atoms with Crippen molar-refractivity contribution in [1.82, 2.24) is 0 Å². The third kappa shape index (κ3) is 4.64. The highest BCUT2D eigenvalue weighted by Gasteiger charge is 2.17. The topological polar surface area (TPSA) is 52.6 Å². The van der Waals surface area contributed by atoms with E-state index in [-0.39, 0.29) is 0 Å². The van der Waals surface area contributed by atoms with Crippen LogP contribution in [0.2, 0.25) is 0 Å². The first-order valence-corrected chi connectivity index (χ1v) is 4.33. The molecule has 0 rings (SSSR count). The van der Waals surface area contributed by atoms with Gasteiger partial charge in [-0.05, 0) is 20.8 Å². The minimum atomic E-state index is -0.894. The molecule has 0 aromatic carbocycles. The highest BCUT2D eigenvalue weighted by molar-refractivity contribution is 5.68. The number of carbonyl (C=O) groups excluding carboxylic acids is 2. The summed E-state index contributed by atoms with van der Waals surface area (Å²) in [5, 5.41) is 0. The molecule has 0 unspecified atom stereocenters. The molecule has 0 aliphatic rings. The molecule has 0 atom stereocenters. The van der Waals surface area contributed by atoms with E-state index in [2.05, 4.69) is 0 Å². The van der Waals surface area contributed by atoms with E-state index in [1.165, 1.54) is 13.8 Å². The molecule has 0 aliphatic heterocycles. The van der Waals surface area contributed by atoms with Crippen molar-refractivity contribution in [2.45, 2.75) is 40.9 Å². The number of rotatable bonds is 3. The Morgan fingerprint density at radius 1 is 0.857 bits per heavy atom. The molecule has 0 saturated heterocycles. The summed E-state index contributed by atoms with van der Waals surface area (Å²) in [4.78, 5) is 21.5. The highest BCUT2D eigenvalue weighted by atomic mass is 16.7. The molecule has 80 valence electrons. The summed E-state index contributed by atoms with van der Waals surface area (Å²) >= 11 is 0. The number of ether oxygens (including phenoxy) is 2. The van der Waals surface area contributed by atoms with Crippen molar-refractivity contribution in [3.8, 4) is 0 Å². The van der Waals surface area contributed by atoms with Gasteiger partial charge in [0.1, 0.15) is 0 Å². The maximum Gasteiger partial charge on any atom is 0.305 e. The Labute approximate surface area is 83.9 Å². The van der Waals surface area contributed by atoms with Crippen LogP contribution in [0.15, 0.2) is 11.1 Å². The van der Waals surface area contributed by atoms with Crippen molar-refractivity contribution in [1.29, 1.82) is 0 Å². The zero-order valence-corrected chi connectivity index (χ0v) is 9.21. The molecule has 0 spiro atoms. The zero-order valence-electron chi connectivity index (χ0n) is 9.21. The van der Waals surface area contributed by atoms with Crippen molar-refractivity contribution in [2.75, 3.05) is 0 Å². The normalized spacial score (nSPS) is 9.57. The van der Waals surface area contributed by atoms with Crippen molar-refractivity contribution < 1.29 is 19.1 Å². The maximum absolute atomic E-state index is 10.7. The smallest absolute Gasteiger partial charge is 0.305 e. The second kappa shape index (κ2) is 5.42. The van der Waals surface area contributed by atoms with Gasteiger partial charge in [-0.3, -0.25) is 9.59 Å². The van der Waals surface area contributed by atoms with Crippen LogP contribution in [0.25, 0.3) is 0 Å². The van der Waals surface area contributed by atoms with E-state index < -0.39 is 18.2 Å². The Balaban J connectivity index is 4.63. The molecule has 0 bridgehead atoms. The van der Waals surface area contributed by atoms with E-state index in [0.29, 0.717) is 0 Å². The number of esters is 2. The van der Waals surface area contributed by atoms with Crippen LogP contribution in [0.3, 0.4) is 0 Å². The van der Waals surface area contributed by atoms with Gasteiger partial charge in [-0.2, -0.15) is 0 Å². The molecule has 0 heterocycles.